The second kappa shape index (κ2) is 8.62. The van der Waals surface area contributed by atoms with Gasteiger partial charge in [-0.3, -0.25) is 9.59 Å². The van der Waals surface area contributed by atoms with Crippen molar-refractivity contribution in [3.05, 3.63) is 40.5 Å². The van der Waals surface area contributed by atoms with Crippen molar-refractivity contribution in [3.63, 3.8) is 0 Å². The summed E-state index contributed by atoms with van der Waals surface area (Å²) in [5.74, 6) is 1.31. The topological polar surface area (TPSA) is 67.4 Å². The molecule has 0 aliphatic carbocycles. The molecule has 0 aromatic heterocycles. The summed E-state index contributed by atoms with van der Waals surface area (Å²) in [4.78, 5) is 24.5. The average Bonchev–Trinajstić information content (AvgIpc) is 2.55. The maximum Gasteiger partial charge on any atom is 0.265 e. The molecule has 6 heteroatoms. The highest BCUT2D eigenvalue weighted by atomic mass is 32.2. The molecule has 1 aromatic carbocycles. The van der Waals surface area contributed by atoms with Gasteiger partial charge in [-0.1, -0.05) is 19.1 Å². The van der Waals surface area contributed by atoms with Crippen molar-refractivity contribution in [2.45, 2.75) is 26.7 Å². The third-order valence-electron chi connectivity index (χ3n) is 3.32. The van der Waals surface area contributed by atoms with Gasteiger partial charge in [0.25, 0.3) is 5.91 Å². The van der Waals surface area contributed by atoms with Gasteiger partial charge < -0.3 is 15.4 Å². The molecule has 1 aliphatic heterocycles. The van der Waals surface area contributed by atoms with Crippen molar-refractivity contribution < 1.29 is 14.3 Å². The van der Waals surface area contributed by atoms with Crippen LogP contribution in [0.5, 0.6) is 0 Å². The second-order valence-corrected chi connectivity index (χ2v) is 6.37. The van der Waals surface area contributed by atoms with E-state index in [0.29, 0.717) is 35.9 Å². The van der Waals surface area contributed by atoms with E-state index in [1.165, 1.54) is 11.8 Å². The number of carbonyl (C=O) groups is 2. The van der Waals surface area contributed by atoms with E-state index in [1.807, 2.05) is 31.2 Å². The number of nitrogens with one attached hydrogen (secondary N) is 2. The summed E-state index contributed by atoms with van der Waals surface area (Å²) in [6.45, 7) is 5.16. The van der Waals surface area contributed by atoms with E-state index in [1.54, 1.807) is 6.92 Å². The molecule has 1 aromatic rings. The lowest BCUT2D eigenvalue weighted by molar-refractivity contribution is -0.120. The fourth-order valence-electron chi connectivity index (χ4n) is 2.14. The van der Waals surface area contributed by atoms with Gasteiger partial charge in [0.15, 0.2) is 0 Å². The summed E-state index contributed by atoms with van der Waals surface area (Å²) in [5.41, 5.74) is 1.63. The largest absolute Gasteiger partial charge is 0.496 e. The monoisotopic (exact) mass is 334 g/mol. The molecule has 2 N–H and O–H groups in total. The zero-order valence-electron chi connectivity index (χ0n) is 13.5. The summed E-state index contributed by atoms with van der Waals surface area (Å²) >= 11 is 1.51. The first-order chi connectivity index (χ1) is 11.1. The molecule has 2 rings (SSSR count). The van der Waals surface area contributed by atoms with Gasteiger partial charge in [-0.05, 0) is 31.0 Å². The summed E-state index contributed by atoms with van der Waals surface area (Å²) < 4.78 is 5.40. The first-order valence-corrected chi connectivity index (χ1v) is 8.72. The van der Waals surface area contributed by atoms with Crippen LogP contribution in [0.1, 0.15) is 25.8 Å². The lowest BCUT2D eigenvalue weighted by atomic mass is 10.1. The maximum absolute atomic E-state index is 12.2. The average molecular weight is 334 g/mol. The minimum atomic E-state index is -0.152. The van der Waals surface area contributed by atoms with Crippen LogP contribution in [0.2, 0.25) is 0 Å². The predicted molar refractivity (Wildman–Crippen MR) is 93.2 cm³/mol. The molecular weight excluding hydrogens is 312 g/mol. The molecule has 5 nitrogen and oxygen atoms in total. The van der Waals surface area contributed by atoms with Gasteiger partial charge in [0, 0.05) is 18.0 Å². The number of thioether (sulfide) groups is 1. The van der Waals surface area contributed by atoms with E-state index >= 15 is 0 Å². The molecule has 0 fully saturated rings. The molecule has 0 radical (unpaired) electrons. The Morgan fingerprint density at radius 1 is 1.26 bits per heavy atom. The Morgan fingerprint density at radius 3 is 2.65 bits per heavy atom. The number of rotatable bonds is 6. The molecule has 1 heterocycles. The minimum absolute atomic E-state index is 0.0140. The number of amides is 2. The molecule has 1 aliphatic rings. The van der Waals surface area contributed by atoms with Gasteiger partial charge in [0.2, 0.25) is 5.91 Å². The molecule has 0 saturated heterocycles. The summed E-state index contributed by atoms with van der Waals surface area (Å²) in [6.07, 6.45) is 1.27. The van der Waals surface area contributed by atoms with Gasteiger partial charge >= 0.3 is 0 Å². The molecule has 0 saturated carbocycles. The number of ether oxygens (including phenoxy) is 1. The smallest absolute Gasteiger partial charge is 0.265 e. The van der Waals surface area contributed by atoms with Crippen LogP contribution >= 0.6 is 11.8 Å². The fourth-order valence-corrected chi connectivity index (χ4v) is 2.95. The molecular formula is C17H22N2O3S. The van der Waals surface area contributed by atoms with Crippen LogP contribution in [0.4, 0.5) is 5.69 Å². The quantitative estimate of drug-likeness (QED) is 0.839. The van der Waals surface area contributed by atoms with Crippen LogP contribution in [0.3, 0.4) is 0 Å². The molecule has 23 heavy (non-hydrogen) atoms. The Hall–Kier alpha value is -1.95. The number of allylic oxidation sites excluding steroid dienone is 1. The molecule has 0 unspecified atom stereocenters. The van der Waals surface area contributed by atoms with Crippen LogP contribution in [0.15, 0.2) is 34.9 Å². The predicted octanol–water partition coefficient (Wildman–Crippen LogP) is 2.69. The van der Waals surface area contributed by atoms with Crippen molar-refractivity contribution >= 4 is 29.3 Å². The Labute approximate surface area is 140 Å². The first-order valence-electron chi connectivity index (χ1n) is 7.73. The highest BCUT2D eigenvalue weighted by Gasteiger charge is 2.18. The highest BCUT2D eigenvalue weighted by Crippen LogP contribution is 2.26. The summed E-state index contributed by atoms with van der Waals surface area (Å²) in [5, 5.41) is 5.70. The minimum Gasteiger partial charge on any atom is -0.496 e. The zero-order chi connectivity index (χ0) is 16.7. The van der Waals surface area contributed by atoms with Crippen molar-refractivity contribution in [1.82, 2.24) is 5.32 Å². The number of anilines is 1. The SMILES string of the molecule is CCCNC(=O)Cc1ccc(NC(=O)C2=C(C)OCCS2)cc1. The summed E-state index contributed by atoms with van der Waals surface area (Å²) in [6, 6.07) is 7.33. The Kier molecular flexibility index (Phi) is 6.52. The lowest BCUT2D eigenvalue weighted by Gasteiger charge is -2.17. The van der Waals surface area contributed by atoms with Crippen LogP contribution < -0.4 is 10.6 Å². The third kappa shape index (κ3) is 5.32. The standard InChI is InChI=1S/C17H22N2O3S/c1-3-8-18-15(20)11-13-4-6-14(7-5-13)19-17(21)16-12(2)22-9-10-23-16/h4-7H,3,8-11H2,1-2H3,(H,18,20)(H,19,21). The Morgan fingerprint density at radius 2 is 2.00 bits per heavy atom. The number of carbonyl (C=O) groups excluding carboxylic acids is 2. The van der Waals surface area contributed by atoms with E-state index in [0.717, 1.165) is 17.7 Å². The van der Waals surface area contributed by atoms with Gasteiger partial charge in [-0.25, -0.2) is 0 Å². The Balaban J connectivity index is 1.92. The van der Waals surface area contributed by atoms with E-state index in [9.17, 15) is 9.59 Å². The summed E-state index contributed by atoms with van der Waals surface area (Å²) in [7, 11) is 0. The van der Waals surface area contributed by atoms with E-state index in [4.69, 9.17) is 4.74 Å². The van der Waals surface area contributed by atoms with Crippen LogP contribution in [-0.2, 0) is 20.7 Å². The maximum atomic E-state index is 12.2. The second-order valence-electron chi connectivity index (χ2n) is 5.26. The van der Waals surface area contributed by atoms with Crippen molar-refractivity contribution in [2.75, 3.05) is 24.2 Å². The van der Waals surface area contributed by atoms with E-state index in [-0.39, 0.29) is 11.8 Å². The lowest BCUT2D eigenvalue weighted by Crippen LogP contribution is -2.25. The van der Waals surface area contributed by atoms with Gasteiger partial charge in [0.05, 0.1) is 13.0 Å². The van der Waals surface area contributed by atoms with Crippen molar-refractivity contribution in [3.8, 4) is 0 Å². The Bertz CT molecular complexity index is 596. The molecule has 124 valence electrons. The highest BCUT2D eigenvalue weighted by molar-refractivity contribution is 8.04. The number of benzene rings is 1. The molecule has 0 atom stereocenters. The zero-order valence-corrected chi connectivity index (χ0v) is 14.3. The van der Waals surface area contributed by atoms with E-state index in [2.05, 4.69) is 10.6 Å². The van der Waals surface area contributed by atoms with Crippen LogP contribution in [-0.4, -0.2) is 30.7 Å². The van der Waals surface area contributed by atoms with Crippen LogP contribution in [0, 0.1) is 0 Å². The van der Waals surface area contributed by atoms with Gasteiger partial charge in [-0.15, -0.1) is 11.8 Å². The first kappa shape index (κ1) is 17.4. The van der Waals surface area contributed by atoms with Crippen LogP contribution in [0.25, 0.3) is 0 Å². The molecule has 2 amide bonds. The van der Waals surface area contributed by atoms with Gasteiger partial charge in [0.1, 0.15) is 10.7 Å². The normalized spacial score (nSPS) is 14.2. The third-order valence-corrected chi connectivity index (χ3v) is 4.46. The van der Waals surface area contributed by atoms with Crippen molar-refractivity contribution in [2.24, 2.45) is 0 Å². The van der Waals surface area contributed by atoms with Gasteiger partial charge in [-0.2, -0.15) is 0 Å². The molecule has 0 bridgehead atoms. The van der Waals surface area contributed by atoms with Crippen molar-refractivity contribution in [1.29, 1.82) is 0 Å². The number of hydrogen-bond donors (Lipinski definition) is 2. The molecule has 0 spiro atoms. The van der Waals surface area contributed by atoms with E-state index < -0.39 is 0 Å². The number of hydrogen-bond acceptors (Lipinski definition) is 4. The fraction of sp³-hybridized carbons (Fsp3) is 0.412.